The molecule has 0 radical (unpaired) electrons. The zero-order valence-electron chi connectivity index (χ0n) is 15.6. The Morgan fingerprint density at radius 1 is 1.21 bits per heavy atom. The maximum Gasteiger partial charge on any atom is 0.254 e. The number of piperazine rings is 1. The number of carbonyl (C=O) groups excluding carboxylic acids is 1. The predicted octanol–water partition coefficient (Wildman–Crippen LogP) is 3.90. The molecular formula is C20H24Cl2N4OS. The fourth-order valence-electron chi connectivity index (χ4n) is 3.22. The molecule has 5 nitrogen and oxygen atoms in total. The minimum absolute atomic E-state index is 0. The molecule has 1 aliphatic heterocycles. The largest absolute Gasteiger partial charge is 0.333 e. The van der Waals surface area contributed by atoms with Crippen LogP contribution in [0.1, 0.15) is 23.0 Å². The van der Waals surface area contributed by atoms with Crippen molar-refractivity contribution in [3.63, 3.8) is 0 Å². The number of aromatic nitrogens is 2. The average molecular weight is 439 g/mol. The summed E-state index contributed by atoms with van der Waals surface area (Å²) in [5, 5.41) is 3.32. The number of benzene rings is 1. The summed E-state index contributed by atoms with van der Waals surface area (Å²) in [6.07, 6.45) is 4.07. The molecular weight excluding hydrogens is 415 g/mol. The fourth-order valence-corrected chi connectivity index (χ4v) is 4.00. The summed E-state index contributed by atoms with van der Waals surface area (Å²) in [7, 11) is 0. The summed E-state index contributed by atoms with van der Waals surface area (Å²) in [6, 6.07) is 14.2. The van der Waals surface area contributed by atoms with Crippen LogP contribution in [0.3, 0.4) is 0 Å². The zero-order valence-corrected chi connectivity index (χ0v) is 18.0. The van der Waals surface area contributed by atoms with Gasteiger partial charge in [0.1, 0.15) is 5.65 Å². The Hall–Kier alpha value is -1.73. The Balaban J connectivity index is 0.00000140. The van der Waals surface area contributed by atoms with Crippen LogP contribution in [0, 0.1) is 0 Å². The zero-order chi connectivity index (χ0) is 17.9. The summed E-state index contributed by atoms with van der Waals surface area (Å²) < 4.78 is 2.03. The second-order valence-corrected chi connectivity index (χ2v) is 7.61. The van der Waals surface area contributed by atoms with E-state index in [1.807, 2.05) is 58.0 Å². The van der Waals surface area contributed by atoms with Crippen LogP contribution in [-0.4, -0.2) is 45.9 Å². The summed E-state index contributed by atoms with van der Waals surface area (Å²) in [5.41, 5.74) is 2.78. The van der Waals surface area contributed by atoms with Gasteiger partial charge in [-0.25, -0.2) is 4.98 Å². The van der Waals surface area contributed by atoms with Gasteiger partial charge in [-0.05, 0) is 43.3 Å². The Kier molecular flexibility index (Phi) is 8.19. The van der Waals surface area contributed by atoms with E-state index >= 15 is 0 Å². The lowest BCUT2D eigenvalue weighted by Crippen LogP contribution is -2.52. The first-order chi connectivity index (χ1) is 12.7. The highest BCUT2D eigenvalue weighted by molar-refractivity contribution is 7.98. The lowest BCUT2D eigenvalue weighted by atomic mass is 10.1. The SMILES string of the molecule is C[C@H]1CNCCN1C(=O)c1ccc(SCc2cn3ccccc3n2)cc1.Cl.Cl. The Morgan fingerprint density at radius 3 is 2.71 bits per heavy atom. The predicted molar refractivity (Wildman–Crippen MR) is 119 cm³/mol. The number of rotatable bonds is 4. The second-order valence-electron chi connectivity index (χ2n) is 6.56. The molecule has 3 aromatic rings. The van der Waals surface area contributed by atoms with Gasteiger partial charge in [0.2, 0.25) is 0 Å². The molecule has 1 N–H and O–H groups in total. The molecule has 1 aliphatic rings. The number of hydrogen-bond donors (Lipinski definition) is 1. The lowest BCUT2D eigenvalue weighted by Gasteiger charge is -2.34. The van der Waals surface area contributed by atoms with Crippen LogP contribution in [0.2, 0.25) is 0 Å². The van der Waals surface area contributed by atoms with Gasteiger partial charge in [-0.3, -0.25) is 4.79 Å². The van der Waals surface area contributed by atoms with Crippen molar-refractivity contribution in [3.8, 4) is 0 Å². The van der Waals surface area contributed by atoms with E-state index in [2.05, 4.69) is 23.4 Å². The molecule has 4 rings (SSSR count). The number of carbonyl (C=O) groups is 1. The van der Waals surface area contributed by atoms with Gasteiger partial charge in [-0.2, -0.15) is 0 Å². The molecule has 1 saturated heterocycles. The van der Waals surface area contributed by atoms with Crippen molar-refractivity contribution >= 4 is 48.1 Å². The van der Waals surface area contributed by atoms with Crippen LogP contribution in [0.25, 0.3) is 5.65 Å². The third-order valence-electron chi connectivity index (χ3n) is 4.66. The normalized spacial score (nSPS) is 16.3. The molecule has 8 heteroatoms. The monoisotopic (exact) mass is 438 g/mol. The molecule has 28 heavy (non-hydrogen) atoms. The molecule has 2 aromatic heterocycles. The number of fused-ring (bicyclic) bond motifs is 1. The van der Waals surface area contributed by atoms with E-state index in [9.17, 15) is 4.79 Å². The topological polar surface area (TPSA) is 49.6 Å². The van der Waals surface area contributed by atoms with Crippen molar-refractivity contribution in [3.05, 3.63) is 66.1 Å². The van der Waals surface area contributed by atoms with Gasteiger partial charge in [0.25, 0.3) is 5.91 Å². The summed E-state index contributed by atoms with van der Waals surface area (Å²) in [5.74, 6) is 0.931. The van der Waals surface area contributed by atoms with Crippen molar-refractivity contribution in [2.45, 2.75) is 23.6 Å². The van der Waals surface area contributed by atoms with Crippen molar-refractivity contribution < 1.29 is 4.79 Å². The quantitative estimate of drug-likeness (QED) is 0.627. The van der Waals surface area contributed by atoms with E-state index in [1.54, 1.807) is 11.8 Å². The van der Waals surface area contributed by atoms with E-state index in [-0.39, 0.29) is 36.8 Å². The third kappa shape index (κ3) is 5.00. The smallest absolute Gasteiger partial charge is 0.254 e. The number of nitrogens with one attached hydrogen (secondary N) is 1. The molecule has 0 aliphatic carbocycles. The standard InChI is InChI=1S/C20H22N4OS.2ClH/c1-15-12-21-9-11-24(15)20(25)16-5-7-18(8-6-16)26-14-17-13-23-10-3-2-4-19(23)22-17;;/h2-8,10,13,15,21H,9,11-12,14H2,1H3;2*1H/t15-;;/m0../s1. The maximum absolute atomic E-state index is 12.7. The van der Waals surface area contributed by atoms with E-state index in [0.29, 0.717) is 0 Å². The van der Waals surface area contributed by atoms with Gasteiger partial charge in [0.05, 0.1) is 5.69 Å². The first kappa shape index (κ1) is 22.6. The minimum atomic E-state index is 0. The number of hydrogen-bond acceptors (Lipinski definition) is 4. The summed E-state index contributed by atoms with van der Waals surface area (Å²) in [4.78, 5) is 20.4. The Labute approximate surface area is 181 Å². The number of imidazole rings is 1. The average Bonchev–Trinajstić information content (AvgIpc) is 3.10. The van der Waals surface area contributed by atoms with Crippen LogP contribution in [0.4, 0.5) is 0 Å². The first-order valence-corrected chi connectivity index (χ1v) is 9.86. The van der Waals surface area contributed by atoms with Gasteiger partial charge in [-0.15, -0.1) is 36.6 Å². The highest BCUT2D eigenvalue weighted by atomic mass is 35.5. The van der Waals surface area contributed by atoms with E-state index in [0.717, 1.165) is 47.2 Å². The van der Waals surface area contributed by atoms with Crippen molar-refractivity contribution in [1.29, 1.82) is 0 Å². The van der Waals surface area contributed by atoms with Gasteiger partial charge in [0.15, 0.2) is 0 Å². The van der Waals surface area contributed by atoms with E-state index in [4.69, 9.17) is 0 Å². The number of pyridine rings is 1. The molecule has 3 heterocycles. The highest BCUT2D eigenvalue weighted by Gasteiger charge is 2.23. The molecule has 0 saturated carbocycles. The van der Waals surface area contributed by atoms with Crippen LogP contribution in [0.5, 0.6) is 0 Å². The molecule has 1 aromatic carbocycles. The highest BCUT2D eigenvalue weighted by Crippen LogP contribution is 2.23. The second kappa shape index (κ2) is 10.2. The lowest BCUT2D eigenvalue weighted by molar-refractivity contribution is 0.0655. The van der Waals surface area contributed by atoms with Crippen LogP contribution in [-0.2, 0) is 5.75 Å². The number of thioether (sulfide) groups is 1. The van der Waals surface area contributed by atoms with E-state index < -0.39 is 0 Å². The molecule has 0 bridgehead atoms. The summed E-state index contributed by atoms with van der Waals surface area (Å²) in [6.45, 7) is 4.58. The third-order valence-corrected chi connectivity index (χ3v) is 5.71. The minimum Gasteiger partial charge on any atom is -0.333 e. The van der Waals surface area contributed by atoms with Crippen LogP contribution < -0.4 is 5.32 Å². The van der Waals surface area contributed by atoms with Crippen LogP contribution in [0.15, 0.2) is 59.8 Å². The first-order valence-electron chi connectivity index (χ1n) is 8.88. The van der Waals surface area contributed by atoms with Gasteiger partial charge >= 0.3 is 0 Å². The molecule has 1 fully saturated rings. The van der Waals surface area contributed by atoms with Crippen molar-refractivity contribution in [2.75, 3.05) is 19.6 Å². The Bertz CT molecular complexity index is 883. The fraction of sp³-hybridized carbons (Fsp3) is 0.300. The molecule has 1 atom stereocenters. The number of nitrogens with zero attached hydrogens (tertiary/aromatic N) is 3. The van der Waals surface area contributed by atoms with E-state index in [1.165, 1.54) is 0 Å². The number of halogens is 2. The molecule has 150 valence electrons. The van der Waals surface area contributed by atoms with Gasteiger partial charge in [0, 0.05) is 54.3 Å². The number of amides is 1. The summed E-state index contributed by atoms with van der Waals surface area (Å²) >= 11 is 1.73. The molecule has 1 amide bonds. The Morgan fingerprint density at radius 2 is 2.00 bits per heavy atom. The maximum atomic E-state index is 12.7. The van der Waals surface area contributed by atoms with Gasteiger partial charge in [-0.1, -0.05) is 6.07 Å². The van der Waals surface area contributed by atoms with Crippen LogP contribution >= 0.6 is 36.6 Å². The van der Waals surface area contributed by atoms with Crippen molar-refractivity contribution in [2.24, 2.45) is 0 Å². The van der Waals surface area contributed by atoms with Gasteiger partial charge < -0.3 is 14.6 Å². The van der Waals surface area contributed by atoms with Crippen molar-refractivity contribution in [1.82, 2.24) is 19.6 Å². The molecule has 0 spiro atoms. The molecule has 0 unspecified atom stereocenters.